The molecule has 3 rings (SSSR count). The quantitative estimate of drug-likeness (QED) is 0.865. The van der Waals surface area contributed by atoms with Gasteiger partial charge in [0, 0.05) is 20.1 Å². The van der Waals surface area contributed by atoms with Gasteiger partial charge in [-0.2, -0.15) is 0 Å². The number of aromatic nitrogens is 4. The molecule has 9 nitrogen and oxygen atoms in total. The van der Waals surface area contributed by atoms with E-state index >= 15 is 0 Å². The highest BCUT2D eigenvalue weighted by atomic mass is 16.5. The lowest BCUT2D eigenvalue weighted by atomic mass is 10.3. The first-order chi connectivity index (χ1) is 11.6. The summed E-state index contributed by atoms with van der Waals surface area (Å²) in [5.41, 5.74) is 0.634. The molecule has 0 saturated carbocycles. The lowest BCUT2D eigenvalue weighted by molar-refractivity contribution is 0.122. The summed E-state index contributed by atoms with van der Waals surface area (Å²) in [6.45, 7) is 4.93. The number of hydrogen-bond acceptors (Lipinski definition) is 6. The van der Waals surface area contributed by atoms with Gasteiger partial charge in [0.15, 0.2) is 5.82 Å². The van der Waals surface area contributed by atoms with E-state index in [-0.39, 0.29) is 12.1 Å². The van der Waals surface area contributed by atoms with Gasteiger partial charge in [0.05, 0.1) is 31.1 Å². The van der Waals surface area contributed by atoms with Crippen molar-refractivity contribution in [2.75, 3.05) is 36.5 Å². The van der Waals surface area contributed by atoms with Crippen LogP contribution in [0.1, 0.15) is 18.8 Å². The first-order valence-electron chi connectivity index (χ1n) is 7.83. The highest BCUT2D eigenvalue weighted by molar-refractivity contribution is 5.89. The summed E-state index contributed by atoms with van der Waals surface area (Å²) in [5.74, 6) is 1.57. The van der Waals surface area contributed by atoms with Crippen LogP contribution in [-0.2, 0) is 11.8 Å². The molecule has 0 aliphatic carbocycles. The van der Waals surface area contributed by atoms with Crippen molar-refractivity contribution in [3.63, 3.8) is 0 Å². The Morgan fingerprint density at radius 1 is 1.33 bits per heavy atom. The molecule has 2 N–H and O–H groups in total. The maximum absolute atomic E-state index is 12.1. The molecule has 1 saturated heterocycles. The fourth-order valence-electron chi connectivity index (χ4n) is 2.55. The van der Waals surface area contributed by atoms with Gasteiger partial charge in [0.1, 0.15) is 12.1 Å². The summed E-state index contributed by atoms with van der Waals surface area (Å²) in [7, 11) is 1.83. The number of anilines is 2. The van der Waals surface area contributed by atoms with Gasteiger partial charge in [0.2, 0.25) is 0 Å². The number of aryl methyl sites for hydroxylation is 1. The number of amides is 2. The predicted octanol–water partition coefficient (Wildman–Crippen LogP) is 0.929. The molecule has 0 spiro atoms. The molecule has 1 unspecified atom stereocenters. The van der Waals surface area contributed by atoms with E-state index in [0.29, 0.717) is 24.7 Å². The van der Waals surface area contributed by atoms with Crippen LogP contribution >= 0.6 is 0 Å². The van der Waals surface area contributed by atoms with Gasteiger partial charge in [0.25, 0.3) is 0 Å². The lowest BCUT2D eigenvalue weighted by Gasteiger charge is -2.27. The van der Waals surface area contributed by atoms with Gasteiger partial charge in [-0.15, -0.1) is 10.2 Å². The van der Waals surface area contributed by atoms with Crippen molar-refractivity contribution in [1.29, 1.82) is 0 Å². The zero-order valence-electron chi connectivity index (χ0n) is 13.8. The number of rotatable bonds is 4. The second kappa shape index (κ2) is 7.26. The molecular formula is C15H21N7O2. The predicted molar refractivity (Wildman–Crippen MR) is 88.8 cm³/mol. The molecule has 24 heavy (non-hydrogen) atoms. The zero-order chi connectivity index (χ0) is 16.9. The Kier molecular flexibility index (Phi) is 4.90. The minimum Gasteiger partial charge on any atom is -0.378 e. The third-order valence-electron chi connectivity index (χ3n) is 3.82. The van der Waals surface area contributed by atoms with Gasteiger partial charge in [-0.05, 0) is 19.1 Å². The first kappa shape index (κ1) is 16.2. The standard InChI is InChI=1S/C15H21N7O2/c1-11(14-20-17-10-21(14)2)18-15(23)19-12-3-4-13(16-9-12)22-5-7-24-8-6-22/h3-4,9-11H,5-8H2,1-2H3,(H2,18,19,23). The summed E-state index contributed by atoms with van der Waals surface area (Å²) in [5, 5.41) is 13.4. The molecule has 2 aromatic rings. The van der Waals surface area contributed by atoms with Crippen LogP contribution in [0.4, 0.5) is 16.3 Å². The number of morpholine rings is 1. The summed E-state index contributed by atoms with van der Waals surface area (Å²) in [4.78, 5) is 18.6. The van der Waals surface area contributed by atoms with E-state index in [1.54, 1.807) is 17.1 Å². The van der Waals surface area contributed by atoms with Crippen LogP contribution in [0.5, 0.6) is 0 Å². The number of pyridine rings is 1. The number of ether oxygens (including phenoxy) is 1. The van der Waals surface area contributed by atoms with E-state index in [4.69, 9.17) is 4.74 Å². The Bertz CT molecular complexity index is 679. The zero-order valence-corrected chi connectivity index (χ0v) is 13.8. The minimum absolute atomic E-state index is 0.252. The van der Waals surface area contributed by atoms with Crippen LogP contribution < -0.4 is 15.5 Å². The number of carbonyl (C=O) groups excluding carboxylic acids is 1. The Hall–Kier alpha value is -2.68. The molecule has 1 atom stereocenters. The van der Waals surface area contributed by atoms with Crippen LogP contribution in [0.25, 0.3) is 0 Å². The second-order valence-corrected chi connectivity index (χ2v) is 5.62. The molecule has 1 aliphatic rings. The summed E-state index contributed by atoms with van der Waals surface area (Å²) >= 11 is 0. The molecule has 0 bridgehead atoms. The Morgan fingerprint density at radius 3 is 2.75 bits per heavy atom. The average Bonchev–Trinajstić information content (AvgIpc) is 3.02. The molecule has 0 radical (unpaired) electrons. The van der Waals surface area contributed by atoms with Crippen molar-refractivity contribution in [1.82, 2.24) is 25.1 Å². The van der Waals surface area contributed by atoms with Crippen molar-refractivity contribution in [3.8, 4) is 0 Å². The van der Waals surface area contributed by atoms with Gasteiger partial charge in [-0.3, -0.25) is 0 Å². The molecule has 1 fully saturated rings. The van der Waals surface area contributed by atoms with Crippen LogP contribution in [0.15, 0.2) is 24.7 Å². The Labute approximate surface area is 140 Å². The van der Waals surface area contributed by atoms with Crippen molar-refractivity contribution in [2.45, 2.75) is 13.0 Å². The van der Waals surface area contributed by atoms with Crippen LogP contribution in [0, 0.1) is 0 Å². The third-order valence-corrected chi connectivity index (χ3v) is 3.82. The van der Waals surface area contributed by atoms with Gasteiger partial charge >= 0.3 is 6.03 Å². The number of nitrogens with zero attached hydrogens (tertiary/aromatic N) is 5. The molecule has 2 amide bonds. The minimum atomic E-state index is -0.313. The molecule has 0 aromatic carbocycles. The highest BCUT2D eigenvalue weighted by Gasteiger charge is 2.15. The van der Waals surface area contributed by atoms with Gasteiger partial charge in [-0.25, -0.2) is 9.78 Å². The van der Waals surface area contributed by atoms with Gasteiger partial charge in [-0.1, -0.05) is 0 Å². The van der Waals surface area contributed by atoms with E-state index in [1.807, 2.05) is 26.1 Å². The number of urea groups is 1. The van der Waals surface area contributed by atoms with Crippen molar-refractivity contribution in [2.24, 2.45) is 7.05 Å². The normalized spacial score (nSPS) is 15.8. The lowest BCUT2D eigenvalue weighted by Crippen LogP contribution is -2.36. The maximum atomic E-state index is 12.1. The van der Waals surface area contributed by atoms with E-state index in [2.05, 4.69) is 30.7 Å². The summed E-state index contributed by atoms with van der Waals surface area (Å²) in [6, 6.07) is 3.17. The van der Waals surface area contributed by atoms with E-state index in [9.17, 15) is 4.79 Å². The van der Waals surface area contributed by atoms with E-state index in [0.717, 1.165) is 18.9 Å². The molecule has 128 valence electrons. The SMILES string of the molecule is CC(NC(=O)Nc1ccc(N2CCOCC2)nc1)c1nncn1C. The van der Waals surface area contributed by atoms with Crippen molar-refractivity contribution < 1.29 is 9.53 Å². The average molecular weight is 331 g/mol. The fraction of sp³-hybridized carbons (Fsp3) is 0.467. The molecule has 2 aromatic heterocycles. The molecule has 9 heteroatoms. The topological polar surface area (TPSA) is 97.2 Å². The molecular weight excluding hydrogens is 310 g/mol. The number of nitrogens with one attached hydrogen (secondary N) is 2. The van der Waals surface area contributed by atoms with Gasteiger partial charge < -0.3 is 24.8 Å². The summed E-state index contributed by atoms with van der Waals surface area (Å²) in [6.07, 6.45) is 3.25. The second-order valence-electron chi connectivity index (χ2n) is 5.62. The largest absolute Gasteiger partial charge is 0.378 e. The third kappa shape index (κ3) is 3.80. The van der Waals surface area contributed by atoms with Crippen LogP contribution in [0.3, 0.4) is 0 Å². The van der Waals surface area contributed by atoms with E-state index < -0.39 is 0 Å². The number of carbonyl (C=O) groups is 1. The molecule has 1 aliphatic heterocycles. The van der Waals surface area contributed by atoms with E-state index in [1.165, 1.54) is 0 Å². The smallest absolute Gasteiger partial charge is 0.319 e. The highest BCUT2D eigenvalue weighted by Crippen LogP contribution is 2.15. The maximum Gasteiger partial charge on any atom is 0.319 e. The Morgan fingerprint density at radius 2 is 2.12 bits per heavy atom. The van der Waals surface area contributed by atoms with Crippen molar-refractivity contribution >= 4 is 17.5 Å². The summed E-state index contributed by atoms with van der Waals surface area (Å²) < 4.78 is 7.09. The van der Waals surface area contributed by atoms with Crippen LogP contribution in [0.2, 0.25) is 0 Å². The fourth-order valence-corrected chi connectivity index (χ4v) is 2.55. The number of hydrogen-bond donors (Lipinski definition) is 2. The Balaban J connectivity index is 1.55. The monoisotopic (exact) mass is 331 g/mol. The molecule has 3 heterocycles. The van der Waals surface area contributed by atoms with Crippen molar-refractivity contribution in [3.05, 3.63) is 30.5 Å². The first-order valence-corrected chi connectivity index (χ1v) is 7.83. The van der Waals surface area contributed by atoms with Crippen LogP contribution in [-0.4, -0.2) is 52.1 Å².